The zero-order valence-corrected chi connectivity index (χ0v) is 13.4. The lowest BCUT2D eigenvalue weighted by Crippen LogP contribution is -2.26. The van der Waals surface area contributed by atoms with Crippen LogP contribution in [0.1, 0.15) is 38.1 Å². The molecule has 0 amide bonds. The van der Waals surface area contributed by atoms with Crippen LogP contribution < -0.4 is 16.2 Å². The molecule has 0 unspecified atom stereocenters. The molecule has 2 N–H and O–H groups in total. The second-order valence-electron chi connectivity index (χ2n) is 6.29. The Hall–Kier alpha value is -2.15. The molecule has 6 nitrogen and oxygen atoms in total. The van der Waals surface area contributed by atoms with E-state index in [0.29, 0.717) is 12.7 Å². The Morgan fingerprint density at radius 2 is 2.04 bits per heavy atom. The van der Waals surface area contributed by atoms with Crippen LogP contribution in [-0.2, 0) is 0 Å². The van der Waals surface area contributed by atoms with Crippen molar-refractivity contribution in [2.24, 2.45) is 0 Å². The van der Waals surface area contributed by atoms with Gasteiger partial charge in [0, 0.05) is 6.04 Å². The van der Waals surface area contributed by atoms with Gasteiger partial charge in [0.1, 0.15) is 15.0 Å². The molecule has 1 saturated carbocycles. The Balaban J connectivity index is 1.76. The van der Waals surface area contributed by atoms with Gasteiger partial charge in [-0.15, -0.1) is 11.3 Å². The molecule has 0 saturated heterocycles. The number of hydrogen-bond acceptors (Lipinski definition) is 6. The van der Waals surface area contributed by atoms with Crippen molar-refractivity contribution >= 4 is 43.1 Å². The van der Waals surface area contributed by atoms with E-state index in [2.05, 4.69) is 20.6 Å². The predicted octanol–water partition coefficient (Wildman–Crippen LogP) is 3.31. The number of hydrogen-bond donors (Lipinski definition) is 2. The van der Waals surface area contributed by atoms with Gasteiger partial charge in [-0.1, -0.05) is 19.3 Å². The second kappa shape index (κ2) is 4.92. The van der Waals surface area contributed by atoms with Crippen LogP contribution in [0.4, 0.5) is 11.4 Å². The van der Waals surface area contributed by atoms with Crippen molar-refractivity contribution in [2.45, 2.75) is 38.1 Å². The summed E-state index contributed by atoms with van der Waals surface area (Å²) in [7, 11) is 0. The molecule has 1 aliphatic carbocycles. The fourth-order valence-corrected chi connectivity index (χ4v) is 4.82. The van der Waals surface area contributed by atoms with Crippen LogP contribution in [0.25, 0.3) is 20.4 Å². The first-order chi connectivity index (χ1) is 11.3. The van der Waals surface area contributed by atoms with E-state index in [-0.39, 0.29) is 5.56 Å². The van der Waals surface area contributed by atoms with Crippen molar-refractivity contribution in [3.05, 3.63) is 22.9 Å². The van der Waals surface area contributed by atoms with E-state index >= 15 is 0 Å². The molecular formula is C16H17N5OS. The molecule has 3 aromatic heterocycles. The van der Waals surface area contributed by atoms with Gasteiger partial charge in [0.25, 0.3) is 5.56 Å². The summed E-state index contributed by atoms with van der Waals surface area (Å²) in [4.78, 5) is 23.0. The molecule has 1 fully saturated rings. The number of fused-ring (bicyclic) bond motifs is 5. The smallest absolute Gasteiger partial charge is 0.271 e. The number of aromatic nitrogens is 3. The monoisotopic (exact) mass is 327 g/mol. The minimum atomic E-state index is 0.0876. The summed E-state index contributed by atoms with van der Waals surface area (Å²) in [6.07, 6.45) is 9.41. The Morgan fingerprint density at radius 3 is 2.91 bits per heavy atom. The number of pyridine rings is 1. The van der Waals surface area contributed by atoms with Gasteiger partial charge in [-0.3, -0.25) is 9.36 Å². The van der Waals surface area contributed by atoms with Crippen LogP contribution in [0.2, 0.25) is 0 Å². The third-order valence-corrected chi connectivity index (χ3v) is 6.02. The van der Waals surface area contributed by atoms with Crippen LogP contribution in [-0.4, -0.2) is 21.2 Å². The topological polar surface area (TPSA) is 71.8 Å². The largest absolute Gasteiger partial charge is 0.366 e. The fraction of sp³-hybridized carbons (Fsp3) is 0.438. The third-order valence-electron chi connectivity index (χ3n) is 4.95. The summed E-state index contributed by atoms with van der Waals surface area (Å²) in [6.45, 7) is 0.687. The summed E-state index contributed by atoms with van der Waals surface area (Å²) in [6, 6.07) is 0.303. The first-order valence-electron chi connectivity index (χ1n) is 8.13. The van der Waals surface area contributed by atoms with Gasteiger partial charge in [-0.05, 0) is 12.8 Å². The lowest BCUT2D eigenvalue weighted by atomic mass is 9.95. The van der Waals surface area contributed by atoms with E-state index in [0.717, 1.165) is 44.6 Å². The van der Waals surface area contributed by atoms with Gasteiger partial charge in [-0.2, -0.15) is 0 Å². The zero-order valence-electron chi connectivity index (χ0n) is 12.6. The normalized spacial score (nSPS) is 18.1. The second-order valence-corrected chi connectivity index (χ2v) is 7.29. The first kappa shape index (κ1) is 13.3. The maximum Gasteiger partial charge on any atom is 0.271 e. The van der Waals surface area contributed by atoms with Crippen LogP contribution in [0.5, 0.6) is 0 Å². The number of rotatable bonds is 1. The van der Waals surface area contributed by atoms with Crippen LogP contribution in [0, 0.1) is 0 Å². The SMILES string of the molecule is O=c1c2sc3ncc4c(c3c2ncn1C1CCCCC1)NCN4. The lowest BCUT2D eigenvalue weighted by molar-refractivity contribution is 0.345. The fourth-order valence-electron chi connectivity index (χ4n) is 3.77. The average Bonchev–Trinajstić information content (AvgIpc) is 3.19. The first-order valence-corrected chi connectivity index (χ1v) is 8.94. The summed E-state index contributed by atoms with van der Waals surface area (Å²) in [5.74, 6) is 0. The highest BCUT2D eigenvalue weighted by molar-refractivity contribution is 7.25. The summed E-state index contributed by atoms with van der Waals surface area (Å²) in [5.41, 5.74) is 2.87. The van der Waals surface area contributed by atoms with Gasteiger partial charge in [0.2, 0.25) is 0 Å². The molecule has 23 heavy (non-hydrogen) atoms. The van der Waals surface area contributed by atoms with Crippen molar-refractivity contribution in [3.8, 4) is 0 Å². The molecule has 3 aromatic rings. The zero-order chi connectivity index (χ0) is 15.4. The summed E-state index contributed by atoms with van der Waals surface area (Å²) >= 11 is 1.46. The maximum atomic E-state index is 13.0. The molecule has 0 atom stereocenters. The van der Waals surface area contributed by atoms with Crippen molar-refractivity contribution in [1.82, 2.24) is 14.5 Å². The molecule has 4 heterocycles. The third kappa shape index (κ3) is 1.89. The number of nitrogens with zero attached hydrogens (tertiary/aromatic N) is 3. The molecule has 0 aromatic carbocycles. The molecule has 1 aliphatic heterocycles. The van der Waals surface area contributed by atoms with E-state index < -0.39 is 0 Å². The molecule has 2 aliphatic rings. The minimum absolute atomic E-state index is 0.0876. The van der Waals surface area contributed by atoms with Gasteiger partial charge >= 0.3 is 0 Å². The highest BCUT2D eigenvalue weighted by Gasteiger charge is 2.23. The Kier molecular flexibility index (Phi) is 2.85. The molecule has 5 rings (SSSR count). The Morgan fingerprint density at radius 1 is 1.17 bits per heavy atom. The van der Waals surface area contributed by atoms with Crippen molar-refractivity contribution in [3.63, 3.8) is 0 Å². The molecule has 0 spiro atoms. The lowest BCUT2D eigenvalue weighted by Gasteiger charge is -2.23. The van der Waals surface area contributed by atoms with Crippen LogP contribution >= 0.6 is 11.3 Å². The van der Waals surface area contributed by atoms with Crippen LogP contribution in [0.3, 0.4) is 0 Å². The predicted molar refractivity (Wildman–Crippen MR) is 93.4 cm³/mol. The van der Waals surface area contributed by atoms with Gasteiger partial charge in [-0.25, -0.2) is 9.97 Å². The van der Waals surface area contributed by atoms with Gasteiger partial charge < -0.3 is 10.6 Å². The Bertz CT molecular complexity index is 970. The van der Waals surface area contributed by atoms with Gasteiger partial charge in [0.15, 0.2) is 0 Å². The average molecular weight is 327 g/mol. The summed E-state index contributed by atoms with van der Waals surface area (Å²) < 4.78 is 2.57. The molecule has 118 valence electrons. The standard InChI is InChI=1S/C16H17N5OS/c22-16-14-13(20-8-21(16)9-4-2-1-3-5-9)11-12-10(18-7-19-12)6-17-15(11)23-14/h6,8-9,18-19H,1-5,7H2. The van der Waals surface area contributed by atoms with Gasteiger partial charge in [0.05, 0.1) is 36.0 Å². The highest BCUT2D eigenvalue weighted by Crippen LogP contribution is 2.40. The van der Waals surface area contributed by atoms with E-state index in [9.17, 15) is 4.79 Å². The van der Waals surface area contributed by atoms with Crippen molar-refractivity contribution in [1.29, 1.82) is 0 Å². The quantitative estimate of drug-likeness (QED) is 0.717. The maximum absolute atomic E-state index is 13.0. The van der Waals surface area contributed by atoms with Crippen molar-refractivity contribution in [2.75, 3.05) is 17.3 Å². The van der Waals surface area contributed by atoms with E-state index in [1.165, 1.54) is 30.6 Å². The van der Waals surface area contributed by atoms with E-state index in [4.69, 9.17) is 0 Å². The van der Waals surface area contributed by atoms with Crippen molar-refractivity contribution < 1.29 is 0 Å². The highest BCUT2D eigenvalue weighted by atomic mass is 32.1. The summed E-state index contributed by atoms with van der Waals surface area (Å²) in [5, 5.41) is 7.54. The van der Waals surface area contributed by atoms with E-state index in [1.54, 1.807) is 6.33 Å². The molecule has 0 bridgehead atoms. The minimum Gasteiger partial charge on any atom is -0.366 e. The van der Waals surface area contributed by atoms with Crippen LogP contribution in [0.15, 0.2) is 17.3 Å². The van der Waals surface area contributed by atoms with E-state index in [1.807, 2.05) is 10.8 Å². The molecular weight excluding hydrogens is 310 g/mol. The number of thiophene rings is 1. The molecule has 7 heteroatoms. The number of anilines is 2. The molecule has 0 radical (unpaired) electrons. The Labute approximate surface area is 136 Å². The number of nitrogens with one attached hydrogen (secondary N) is 2.